The molecule has 2 aromatic rings. The van der Waals surface area contributed by atoms with Crippen LogP contribution in [0.4, 0.5) is 0 Å². The molecule has 2 rings (SSSR count). The first kappa shape index (κ1) is 22.7. The fourth-order valence-electron chi connectivity index (χ4n) is 2.39. The van der Waals surface area contributed by atoms with E-state index in [1.807, 2.05) is 23.1 Å². The molecule has 6 heteroatoms. The minimum atomic E-state index is 0. The predicted molar refractivity (Wildman–Crippen MR) is 105 cm³/mol. The molecule has 0 bridgehead atoms. The Morgan fingerprint density at radius 2 is 1.67 bits per heavy atom. The van der Waals surface area contributed by atoms with Gasteiger partial charge in [-0.3, -0.25) is 4.79 Å². The highest BCUT2D eigenvalue weighted by Gasteiger charge is 2.17. The molecule has 0 saturated heterocycles. The Morgan fingerprint density at radius 3 is 2.21 bits per heavy atom. The molecule has 1 heterocycles. The molecule has 136 valence electrons. The fraction of sp³-hybridized carbons (Fsp3) is 0.556. The quantitative estimate of drug-likeness (QED) is 0.746. The van der Waals surface area contributed by atoms with Crippen molar-refractivity contribution in [1.82, 2.24) is 14.9 Å². The van der Waals surface area contributed by atoms with E-state index in [9.17, 15) is 4.79 Å². The molecule has 0 radical (unpaired) electrons. The normalized spacial score (nSPS) is 10.6. The van der Waals surface area contributed by atoms with Crippen LogP contribution in [-0.2, 0) is 0 Å². The summed E-state index contributed by atoms with van der Waals surface area (Å²) in [5.74, 6) is 1.33. The summed E-state index contributed by atoms with van der Waals surface area (Å²) >= 11 is 0. The second kappa shape index (κ2) is 10.6. The molecular formula is C18H29Cl2N3O. The summed E-state index contributed by atoms with van der Waals surface area (Å²) in [5.41, 5.74) is 2.55. The molecule has 0 unspecified atom stereocenters. The molecule has 0 saturated carbocycles. The number of rotatable bonds is 7. The Morgan fingerprint density at radius 1 is 1.08 bits per heavy atom. The van der Waals surface area contributed by atoms with Crippen LogP contribution in [0.1, 0.15) is 50.9 Å². The Hall–Kier alpha value is -1.26. The van der Waals surface area contributed by atoms with Crippen molar-refractivity contribution in [2.75, 3.05) is 13.1 Å². The van der Waals surface area contributed by atoms with Crippen LogP contribution >= 0.6 is 24.8 Å². The number of imidazole rings is 1. The van der Waals surface area contributed by atoms with E-state index in [4.69, 9.17) is 0 Å². The molecule has 1 amide bonds. The third kappa shape index (κ3) is 6.33. The van der Waals surface area contributed by atoms with E-state index in [1.165, 1.54) is 0 Å². The van der Waals surface area contributed by atoms with Gasteiger partial charge in [0.15, 0.2) is 0 Å². The summed E-state index contributed by atoms with van der Waals surface area (Å²) in [6, 6.07) is 5.69. The summed E-state index contributed by atoms with van der Waals surface area (Å²) in [5, 5.41) is 0. The molecule has 1 N–H and O–H groups in total. The lowest BCUT2D eigenvalue weighted by Gasteiger charge is -2.24. The van der Waals surface area contributed by atoms with Gasteiger partial charge in [0.2, 0.25) is 0 Å². The van der Waals surface area contributed by atoms with Gasteiger partial charge in [0, 0.05) is 18.7 Å². The number of nitrogens with one attached hydrogen (secondary N) is 1. The number of fused-ring (bicyclic) bond motifs is 1. The number of aromatic amines is 1. The first-order chi connectivity index (χ1) is 10.5. The van der Waals surface area contributed by atoms with Crippen molar-refractivity contribution in [3.05, 3.63) is 30.1 Å². The standard InChI is InChI=1S/C18H27N3O.2ClH/c1-13(2)7-9-21(10-8-14(3)4)18(22)15-5-6-16-17(11-15)20-12-19-16;;/h5-6,11-14H,7-10H2,1-4H3,(H,19,20);2*1H. The number of hydrogen-bond acceptors (Lipinski definition) is 2. The summed E-state index contributed by atoms with van der Waals surface area (Å²) in [6.07, 6.45) is 3.74. The largest absolute Gasteiger partial charge is 0.345 e. The van der Waals surface area contributed by atoms with E-state index < -0.39 is 0 Å². The predicted octanol–water partition coefficient (Wildman–Crippen LogP) is 4.94. The van der Waals surface area contributed by atoms with Crippen LogP contribution < -0.4 is 0 Å². The van der Waals surface area contributed by atoms with Crippen LogP contribution in [0.2, 0.25) is 0 Å². The first-order valence-electron chi connectivity index (χ1n) is 8.19. The van der Waals surface area contributed by atoms with E-state index in [2.05, 4.69) is 37.7 Å². The first-order valence-corrected chi connectivity index (χ1v) is 8.19. The average molecular weight is 374 g/mol. The van der Waals surface area contributed by atoms with Crippen LogP contribution in [0, 0.1) is 11.8 Å². The molecule has 1 aromatic carbocycles. The lowest BCUT2D eigenvalue weighted by molar-refractivity contribution is 0.0741. The van der Waals surface area contributed by atoms with Gasteiger partial charge >= 0.3 is 0 Å². The molecule has 0 aliphatic heterocycles. The van der Waals surface area contributed by atoms with Crippen molar-refractivity contribution in [1.29, 1.82) is 0 Å². The Labute approximate surface area is 157 Å². The molecule has 0 spiro atoms. The highest BCUT2D eigenvalue weighted by atomic mass is 35.5. The zero-order chi connectivity index (χ0) is 16.1. The molecule has 24 heavy (non-hydrogen) atoms. The molecule has 0 aliphatic carbocycles. The zero-order valence-electron chi connectivity index (χ0n) is 14.9. The number of benzene rings is 1. The van der Waals surface area contributed by atoms with Gasteiger partial charge in [-0.25, -0.2) is 4.98 Å². The highest BCUT2D eigenvalue weighted by Crippen LogP contribution is 2.15. The van der Waals surface area contributed by atoms with Gasteiger partial charge in [-0.1, -0.05) is 27.7 Å². The maximum Gasteiger partial charge on any atom is 0.253 e. The fourth-order valence-corrected chi connectivity index (χ4v) is 2.39. The van der Waals surface area contributed by atoms with E-state index in [1.54, 1.807) is 6.33 Å². The van der Waals surface area contributed by atoms with E-state index in [-0.39, 0.29) is 30.7 Å². The van der Waals surface area contributed by atoms with Crippen LogP contribution in [-0.4, -0.2) is 33.9 Å². The van der Waals surface area contributed by atoms with Gasteiger partial charge in [0.1, 0.15) is 0 Å². The molecule has 0 aliphatic rings. The molecule has 1 aromatic heterocycles. The van der Waals surface area contributed by atoms with Gasteiger partial charge in [-0.15, -0.1) is 24.8 Å². The number of amides is 1. The molecule has 0 atom stereocenters. The lowest BCUT2D eigenvalue weighted by atomic mass is 10.1. The smallest absolute Gasteiger partial charge is 0.253 e. The number of halogens is 2. The summed E-state index contributed by atoms with van der Waals surface area (Å²) in [7, 11) is 0. The van der Waals surface area contributed by atoms with Crippen LogP contribution in [0.5, 0.6) is 0 Å². The minimum absolute atomic E-state index is 0. The monoisotopic (exact) mass is 373 g/mol. The van der Waals surface area contributed by atoms with Gasteiger partial charge in [-0.05, 0) is 42.9 Å². The van der Waals surface area contributed by atoms with Crippen LogP contribution in [0.15, 0.2) is 24.5 Å². The van der Waals surface area contributed by atoms with Crippen LogP contribution in [0.25, 0.3) is 11.0 Å². The highest BCUT2D eigenvalue weighted by molar-refractivity contribution is 5.97. The van der Waals surface area contributed by atoms with E-state index >= 15 is 0 Å². The van der Waals surface area contributed by atoms with Crippen molar-refractivity contribution in [3.8, 4) is 0 Å². The van der Waals surface area contributed by atoms with Gasteiger partial charge in [-0.2, -0.15) is 0 Å². The van der Waals surface area contributed by atoms with Gasteiger partial charge in [0.05, 0.1) is 17.4 Å². The Kier molecular flexibility index (Phi) is 10.0. The third-order valence-corrected chi connectivity index (χ3v) is 3.91. The Bertz CT molecular complexity index is 614. The maximum absolute atomic E-state index is 12.8. The van der Waals surface area contributed by atoms with E-state index in [0.717, 1.165) is 42.5 Å². The second-order valence-electron chi connectivity index (χ2n) is 6.79. The van der Waals surface area contributed by atoms with Crippen LogP contribution in [0.3, 0.4) is 0 Å². The van der Waals surface area contributed by atoms with Gasteiger partial charge in [0.25, 0.3) is 5.91 Å². The molecule has 0 fully saturated rings. The van der Waals surface area contributed by atoms with Crippen molar-refractivity contribution >= 4 is 41.8 Å². The summed E-state index contributed by atoms with van der Waals surface area (Å²) in [4.78, 5) is 22.1. The lowest BCUT2D eigenvalue weighted by Crippen LogP contribution is -2.34. The molecule has 4 nitrogen and oxygen atoms in total. The number of carbonyl (C=O) groups excluding carboxylic acids is 1. The van der Waals surface area contributed by atoms with Crippen molar-refractivity contribution < 1.29 is 4.79 Å². The number of hydrogen-bond donors (Lipinski definition) is 1. The minimum Gasteiger partial charge on any atom is -0.345 e. The maximum atomic E-state index is 12.8. The second-order valence-corrected chi connectivity index (χ2v) is 6.79. The molecular weight excluding hydrogens is 345 g/mol. The summed E-state index contributed by atoms with van der Waals surface area (Å²) in [6.45, 7) is 10.4. The Balaban J connectivity index is 0.00000264. The average Bonchev–Trinajstić information content (AvgIpc) is 2.93. The van der Waals surface area contributed by atoms with Gasteiger partial charge < -0.3 is 9.88 Å². The van der Waals surface area contributed by atoms with Crippen molar-refractivity contribution in [2.24, 2.45) is 11.8 Å². The van der Waals surface area contributed by atoms with E-state index in [0.29, 0.717) is 11.8 Å². The SMILES string of the molecule is CC(C)CCN(CCC(C)C)C(=O)c1ccc2nc[nH]c2c1.Cl.Cl. The number of nitrogens with zero attached hydrogens (tertiary/aromatic N) is 2. The zero-order valence-corrected chi connectivity index (χ0v) is 16.5. The number of H-pyrrole nitrogens is 1. The topological polar surface area (TPSA) is 49.0 Å². The summed E-state index contributed by atoms with van der Waals surface area (Å²) < 4.78 is 0. The van der Waals surface area contributed by atoms with Crippen molar-refractivity contribution in [2.45, 2.75) is 40.5 Å². The third-order valence-electron chi connectivity index (χ3n) is 3.91. The number of carbonyl (C=O) groups is 1. The number of aromatic nitrogens is 2. The van der Waals surface area contributed by atoms with Crippen molar-refractivity contribution in [3.63, 3.8) is 0 Å².